The van der Waals surface area contributed by atoms with Gasteiger partial charge in [-0.05, 0) is 92.1 Å². The monoisotopic (exact) mass is 481 g/mol. The van der Waals surface area contributed by atoms with Gasteiger partial charge in [-0.25, -0.2) is 0 Å². The molecule has 36 heavy (non-hydrogen) atoms. The number of hydrogen-bond acceptors (Lipinski definition) is 4. The van der Waals surface area contributed by atoms with Gasteiger partial charge in [0, 0.05) is 16.8 Å². The molecule has 0 heterocycles. The van der Waals surface area contributed by atoms with Gasteiger partial charge in [-0.3, -0.25) is 4.79 Å². The van der Waals surface area contributed by atoms with E-state index in [1.54, 1.807) is 6.07 Å². The van der Waals surface area contributed by atoms with Crippen LogP contribution in [0.2, 0.25) is 0 Å². The van der Waals surface area contributed by atoms with Crippen LogP contribution < -0.4 is 19.5 Å². The first kappa shape index (κ1) is 24.9. The van der Waals surface area contributed by atoms with E-state index in [0.717, 1.165) is 22.6 Å². The molecule has 1 amide bonds. The summed E-state index contributed by atoms with van der Waals surface area (Å²) in [6.45, 7) is 7.38. The Bertz CT molecular complexity index is 1300. The highest BCUT2D eigenvalue weighted by Gasteiger charge is 2.12. The van der Waals surface area contributed by atoms with Crippen LogP contribution in [0, 0.1) is 13.8 Å². The molecule has 0 saturated carbocycles. The minimum absolute atomic E-state index is 0.205. The molecule has 0 bridgehead atoms. The number of amides is 1. The number of anilines is 1. The third-order valence-corrected chi connectivity index (χ3v) is 5.86. The van der Waals surface area contributed by atoms with Crippen molar-refractivity contribution in [1.29, 1.82) is 0 Å². The molecule has 4 aromatic rings. The van der Waals surface area contributed by atoms with Crippen molar-refractivity contribution in [2.45, 2.75) is 34.0 Å². The van der Waals surface area contributed by atoms with E-state index in [1.807, 2.05) is 91.9 Å². The maximum absolute atomic E-state index is 13.0. The fourth-order valence-electron chi connectivity index (χ4n) is 3.67. The second kappa shape index (κ2) is 11.9. The van der Waals surface area contributed by atoms with Crippen LogP contribution in [0.3, 0.4) is 0 Å². The molecule has 4 rings (SSSR count). The van der Waals surface area contributed by atoms with Crippen LogP contribution >= 0.6 is 0 Å². The summed E-state index contributed by atoms with van der Waals surface area (Å²) in [4.78, 5) is 13.0. The van der Waals surface area contributed by atoms with Crippen LogP contribution in [-0.2, 0) is 13.2 Å². The summed E-state index contributed by atoms with van der Waals surface area (Å²) in [5.41, 5.74) is 5.51. The van der Waals surface area contributed by atoms with Gasteiger partial charge in [0.25, 0.3) is 5.91 Å². The maximum atomic E-state index is 13.0. The first-order valence-electron chi connectivity index (χ1n) is 12.1. The van der Waals surface area contributed by atoms with Crippen molar-refractivity contribution in [3.8, 4) is 17.2 Å². The van der Waals surface area contributed by atoms with Gasteiger partial charge in [0.1, 0.15) is 30.5 Å². The summed E-state index contributed by atoms with van der Waals surface area (Å²) in [5.74, 6) is 2.02. The van der Waals surface area contributed by atoms with E-state index in [9.17, 15) is 4.79 Å². The van der Waals surface area contributed by atoms with Gasteiger partial charge in [-0.2, -0.15) is 0 Å². The minimum atomic E-state index is -0.205. The second-order valence-electron chi connectivity index (χ2n) is 8.54. The van der Waals surface area contributed by atoms with E-state index in [-0.39, 0.29) is 5.91 Å². The van der Waals surface area contributed by atoms with Crippen LogP contribution in [0.25, 0.3) is 0 Å². The van der Waals surface area contributed by atoms with Gasteiger partial charge in [0.2, 0.25) is 0 Å². The van der Waals surface area contributed by atoms with Crippen molar-refractivity contribution >= 4 is 11.6 Å². The van der Waals surface area contributed by atoms with Gasteiger partial charge in [-0.1, -0.05) is 36.4 Å². The molecule has 0 spiro atoms. The van der Waals surface area contributed by atoms with Crippen LogP contribution in [0.5, 0.6) is 17.2 Å². The number of carbonyl (C=O) groups excluding carboxylic acids is 1. The van der Waals surface area contributed by atoms with Gasteiger partial charge in [-0.15, -0.1) is 0 Å². The van der Waals surface area contributed by atoms with Gasteiger partial charge in [0.05, 0.1) is 6.61 Å². The predicted molar refractivity (Wildman–Crippen MR) is 143 cm³/mol. The lowest BCUT2D eigenvalue weighted by Crippen LogP contribution is -2.13. The summed E-state index contributed by atoms with van der Waals surface area (Å²) in [6, 6.07) is 28.7. The normalized spacial score (nSPS) is 10.5. The number of ether oxygens (including phenoxy) is 3. The van der Waals surface area contributed by atoms with E-state index in [1.165, 1.54) is 11.1 Å². The van der Waals surface area contributed by atoms with E-state index in [2.05, 4.69) is 19.2 Å². The second-order valence-corrected chi connectivity index (χ2v) is 8.54. The Labute approximate surface area is 212 Å². The molecule has 0 unspecified atom stereocenters. The van der Waals surface area contributed by atoms with Gasteiger partial charge in [0.15, 0.2) is 0 Å². The maximum Gasteiger partial charge on any atom is 0.255 e. The highest BCUT2D eigenvalue weighted by Crippen LogP contribution is 2.25. The Balaban J connectivity index is 1.40. The topological polar surface area (TPSA) is 56.8 Å². The Kier molecular flexibility index (Phi) is 8.24. The summed E-state index contributed by atoms with van der Waals surface area (Å²) < 4.78 is 17.6. The molecule has 184 valence electrons. The highest BCUT2D eigenvalue weighted by atomic mass is 16.5. The molecular formula is C31H31NO4. The summed E-state index contributed by atoms with van der Waals surface area (Å²) >= 11 is 0. The Morgan fingerprint density at radius 2 is 1.44 bits per heavy atom. The molecule has 0 saturated heterocycles. The molecule has 5 nitrogen and oxygen atoms in total. The van der Waals surface area contributed by atoms with Gasteiger partial charge < -0.3 is 19.5 Å². The number of aryl methyl sites for hydroxylation is 2. The zero-order valence-corrected chi connectivity index (χ0v) is 20.9. The third-order valence-electron chi connectivity index (χ3n) is 5.86. The number of nitrogens with one attached hydrogen (secondary N) is 1. The average molecular weight is 482 g/mol. The van der Waals surface area contributed by atoms with Crippen LogP contribution in [0.4, 0.5) is 5.69 Å². The van der Waals surface area contributed by atoms with Gasteiger partial charge >= 0.3 is 0 Å². The Morgan fingerprint density at radius 1 is 0.722 bits per heavy atom. The van der Waals surface area contributed by atoms with Crippen LogP contribution in [0.15, 0.2) is 91.0 Å². The molecule has 0 atom stereocenters. The van der Waals surface area contributed by atoms with E-state index in [4.69, 9.17) is 14.2 Å². The average Bonchev–Trinajstić information content (AvgIpc) is 2.90. The Morgan fingerprint density at radius 3 is 2.17 bits per heavy atom. The molecule has 0 aliphatic rings. The number of hydrogen-bond donors (Lipinski definition) is 1. The van der Waals surface area contributed by atoms with Crippen molar-refractivity contribution in [2.75, 3.05) is 11.9 Å². The first-order chi connectivity index (χ1) is 17.5. The highest BCUT2D eigenvalue weighted by molar-refractivity contribution is 6.04. The zero-order chi connectivity index (χ0) is 25.3. The summed E-state index contributed by atoms with van der Waals surface area (Å²) in [5, 5.41) is 2.95. The molecule has 0 aliphatic heterocycles. The van der Waals surface area contributed by atoms with Crippen molar-refractivity contribution in [3.63, 3.8) is 0 Å². The molecule has 0 aromatic heterocycles. The first-order valence-corrected chi connectivity index (χ1v) is 12.1. The molecule has 1 N–H and O–H groups in total. The van der Waals surface area contributed by atoms with Crippen molar-refractivity contribution < 1.29 is 19.0 Å². The lowest BCUT2D eigenvalue weighted by molar-refractivity contribution is 0.102. The molecular weight excluding hydrogens is 450 g/mol. The number of rotatable bonds is 10. The lowest BCUT2D eigenvalue weighted by Gasteiger charge is -2.14. The minimum Gasteiger partial charge on any atom is -0.493 e. The number of benzene rings is 4. The standard InChI is InChI=1S/C31H31NO4/c1-4-34-30-17-11-25(19-26(30)21-36-29-14-10-22(2)23(3)18-29)31(33)32-27-12-15-28(16-13-27)35-20-24-8-6-5-7-9-24/h5-19H,4,20-21H2,1-3H3,(H,32,33). The summed E-state index contributed by atoms with van der Waals surface area (Å²) in [7, 11) is 0. The van der Waals surface area contributed by atoms with E-state index in [0.29, 0.717) is 36.8 Å². The van der Waals surface area contributed by atoms with Crippen molar-refractivity contribution in [2.24, 2.45) is 0 Å². The predicted octanol–water partition coefficient (Wildman–Crippen LogP) is 7.11. The van der Waals surface area contributed by atoms with E-state index >= 15 is 0 Å². The molecule has 0 aliphatic carbocycles. The third kappa shape index (κ3) is 6.66. The largest absolute Gasteiger partial charge is 0.493 e. The smallest absolute Gasteiger partial charge is 0.255 e. The number of carbonyl (C=O) groups is 1. The molecule has 5 heteroatoms. The lowest BCUT2D eigenvalue weighted by atomic mass is 10.1. The quantitative estimate of drug-likeness (QED) is 0.262. The van der Waals surface area contributed by atoms with Crippen LogP contribution in [0.1, 0.15) is 39.5 Å². The molecule has 0 radical (unpaired) electrons. The molecule has 4 aromatic carbocycles. The zero-order valence-electron chi connectivity index (χ0n) is 20.9. The van der Waals surface area contributed by atoms with Crippen molar-refractivity contribution in [1.82, 2.24) is 0 Å². The SMILES string of the molecule is CCOc1ccc(C(=O)Nc2ccc(OCc3ccccc3)cc2)cc1COc1ccc(C)c(C)c1. The van der Waals surface area contributed by atoms with Crippen LogP contribution in [-0.4, -0.2) is 12.5 Å². The molecule has 0 fully saturated rings. The Hall–Kier alpha value is -4.25. The fraction of sp³-hybridized carbons (Fsp3) is 0.194. The fourth-order valence-corrected chi connectivity index (χ4v) is 3.67. The van der Waals surface area contributed by atoms with E-state index < -0.39 is 0 Å². The summed E-state index contributed by atoms with van der Waals surface area (Å²) in [6.07, 6.45) is 0. The van der Waals surface area contributed by atoms with Crippen molar-refractivity contribution in [3.05, 3.63) is 119 Å².